The maximum Gasteiger partial charge on any atom is 0.271 e. The van der Waals surface area contributed by atoms with Crippen LogP contribution < -0.4 is 16.2 Å². The van der Waals surface area contributed by atoms with Gasteiger partial charge in [-0.2, -0.15) is 5.10 Å². The fraction of sp³-hybridized carbons (Fsp3) is 0.333. The van der Waals surface area contributed by atoms with Crippen LogP contribution in [0.3, 0.4) is 0 Å². The predicted octanol–water partition coefficient (Wildman–Crippen LogP) is 1.33. The van der Waals surface area contributed by atoms with Crippen LogP contribution in [0.1, 0.15) is 46.2 Å². The highest BCUT2D eigenvalue weighted by Gasteiger charge is 2.10. The molecule has 0 atom stereocenters. The van der Waals surface area contributed by atoms with Crippen LogP contribution >= 0.6 is 0 Å². The number of benzene rings is 1. The topological polar surface area (TPSA) is 93.1 Å². The number of aryl methyl sites for hydroxylation is 1. The van der Waals surface area contributed by atoms with Gasteiger partial charge in [0.1, 0.15) is 5.69 Å². The summed E-state index contributed by atoms with van der Waals surface area (Å²) < 4.78 is 1.32. The first-order chi connectivity index (χ1) is 12.0. The zero-order valence-electron chi connectivity index (χ0n) is 14.4. The summed E-state index contributed by atoms with van der Waals surface area (Å²) in [5.74, 6) is -0.505. The summed E-state index contributed by atoms with van der Waals surface area (Å²) in [5.41, 5.74) is 1.41. The standard InChI is InChI=1S/C18H22N4O3/c1-3-4-11-22-16(23)10-9-15(21-22)18(25)20-12-13-5-7-14(8-6-13)17(24)19-2/h5-10H,3-4,11-12H2,1-2H3,(H,19,24)(H,20,25). The van der Waals surface area contributed by atoms with Gasteiger partial charge < -0.3 is 10.6 Å². The number of carbonyl (C=O) groups excluding carboxylic acids is 2. The molecule has 0 aliphatic rings. The Labute approximate surface area is 146 Å². The van der Waals surface area contributed by atoms with Crippen molar-refractivity contribution in [1.29, 1.82) is 0 Å². The van der Waals surface area contributed by atoms with Crippen molar-refractivity contribution in [2.24, 2.45) is 0 Å². The first-order valence-corrected chi connectivity index (χ1v) is 8.22. The van der Waals surface area contributed by atoms with Gasteiger partial charge in [0.15, 0.2) is 0 Å². The minimum atomic E-state index is -0.347. The molecule has 0 bridgehead atoms. The third-order valence-electron chi connectivity index (χ3n) is 3.72. The molecule has 0 spiro atoms. The Kier molecular flexibility index (Phi) is 6.45. The highest BCUT2D eigenvalue weighted by molar-refractivity contribution is 5.94. The summed E-state index contributed by atoms with van der Waals surface area (Å²) in [6, 6.07) is 9.73. The van der Waals surface area contributed by atoms with Gasteiger partial charge in [-0.05, 0) is 30.2 Å². The number of nitrogens with zero attached hydrogens (tertiary/aromatic N) is 2. The Morgan fingerprint density at radius 1 is 1.08 bits per heavy atom. The number of aromatic nitrogens is 2. The van der Waals surface area contributed by atoms with E-state index in [1.54, 1.807) is 31.3 Å². The number of amides is 2. The van der Waals surface area contributed by atoms with E-state index in [4.69, 9.17) is 0 Å². The van der Waals surface area contributed by atoms with E-state index in [1.807, 2.05) is 6.92 Å². The zero-order valence-corrected chi connectivity index (χ0v) is 14.4. The molecule has 1 aromatic heterocycles. The lowest BCUT2D eigenvalue weighted by molar-refractivity contribution is 0.0939. The van der Waals surface area contributed by atoms with E-state index in [9.17, 15) is 14.4 Å². The molecule has 1 aromatic carbocycles. The molecular formula is C18H22N4O3. The third-order valence-corrected chi connectivity index (χ3v) is 3.72. The van der Waals surface area contributed by atoms with Gasteiger partial charge in [0.25, 0.3) is 17.4 Å². The summed E-state index contributed by atoms with van der Waals surface area (Å²) in [6.07, 6.45) is 1.77. The van der Waals surface area contributed by atoms with Crippen molar-refractivity contribution >= 4 is 11.8 Å². The maximum atomic E-state index is 12.2. The summed E-state index contributed by atoms with van der Waals surface area (Å²) in [7, 11) is 1.57. The lowest BCUT2D eigenvalue weighted by Gasteiger charge is -2.08. The lowest BCUT2D eigenvalue weighted by Crippen LogP contribution is -2.29. The van der Waals surface area contributed by atoms with Crippen LogP contribution in [0.15, 0.2) is 41.2 Å². The van der Waals surface area contributed by atoms with Gasteiger partial charge in [-0.25, -0.2) is 4.68 Å². The minimum Gasteiger partial charge on any atom is -0.355 e. The van der Waals surface area contributed by atoms with Crippen molar-refractivity contribution in [3.63, 3.8) is 0 Å². The largest absolute Gasteiger partial charge is 0.355 e. The minimum absolute atomic E-state index is 0.158. The fourth-order valence-corrected chi connectivity index (χ4v) is 2.23. The van der Waals surface area contributed by atoms with Gasteiger partial charge in [0, 0.05) is 31.8 Å². The first kappa shape index (κ1) is 18.4. The smallest absolute Gasteiger partial charge is 0.271 e. The number of nitrogens with one attached hydrogen (secondary N) is 2. The average Bonchev–Trinajstić information content (AvgIpc) is 2.65. The van der Waals surface area contributed by atoms with Crippen molar-refractivity contribution in [2.75, 3.05) is 7.05 Å². The molecule has 0 fully saturated rings. The lowest BCUT2D eigenvalue weighted by atomic mass is 10.1. The van der Waals surface area contributed by atoms with Gasteiger partial charge in [0.2, 0.25) is 0 Å². The quantitative estimate of drug-likeness (QED) is 0.794. The molecule has 2 rings (SSSR count). The number of rotatable bonds is 7. The van der Waals surface area contributed by atoms with E-state index in [-0.39, 0.29) is 23.1 Å². The van der Waals surface area contributed by atoms with Crippen molar-refractivity contribution < 1.29 is 9.59 Å². The van der Waals surface area contributed by atoms with Crippen molar-refractivity contribution in [1.82, 2.24) is 20.4 Å². The van der Waals surface area contributed by atoms with Crippen LogP contribution in [0.2, 0.25) is 0 Å². The third kappa shape index (κ3) is 5.00. The van der Waals surface area contributed by atoms with Crippen LogP contribution in [0, 0.1) is 0 Å². The van der Waals surface area contributed by atoms with Gasteiger partial charge in [0.05, 0.1) is 0 Å². The number of hydrogen-bond donors (Lipinski definition) is 2. The molecule has 0 aliphatic carbocycles. The normalized spacial score (nSPS) is 10.3. The molecule has 0 aliphatic heterocycles. The zero-order chi connectivity index (χ0) is 18.2. The Bertz CT molecular complexity index is 797. The van der Waals surface area contributed by atoms with E-state index in [0.29, 0.717) is 18.7 Å². The summed E-state index contributed by atoms with van der Waals surface area (Å²) in [5, 5.41) is 9.42. The van der Waals surface area contributed by atoms with Crippen LogP contribution in [0.4, 0.5) is 0 Å². The average molecular weight is 342 g/mol. The monoisotopic (exact) mass is 342 g/mol. The first-order valence-electron chi connectivity index (χ1n) is 8.22. The van der Waals surface area contributed by atoms with Crippen molar-refractivity contribution in [2.45, 2.75) is 32.9 Å². The Hall–Kier alpha value is -2.96. The van der Waals surface area contributed by atoms with E-state index in [2.05, 4.69) is 15.7 Å². The SMILES string of the molecule is CCCCn1nc(C(=O)NCc2ccc(C(=O)NC)cc2)ccc1=O. The molecule has 0 saturated carbocycles. The molecule has 0 unspecified atom stereocenters. The second-order valence-corrected chi connectivity index (χ2v) is 5.59. The van der Waals surface area contributed by atoms with Crippen LogP contribution in [-0.2, 0) is 13.1 Å². The van der Waals surface area contributed by atoms with Crippen LogP contribution in [0.5, 0.6) is 0 Å². The fourth-order valence-electron chi connectivity index (χ4n) is 2.23. The van der Waals surface area contributed by atoms with E-state index < -0.39 is 0 Å². The van der Waals surface area contributed by atoms with Crippen LogP contribution in [0.25, 0.3) is 0 Å². The van der Waals surface area contributed by atoms with Gasteiger partial charge in [-0.15, -0.1) is 0 Å². The molecule has 7 heteroatoms. The molecule has 1 heterocycles. The predicted molar refractivity (Wildman–Crippen MR) is 94.4 cm³/mol. The Morgan fingerprint density at radius 3 is 2.44 bits per heavy atom. The van der Waals surface area contributed by atoms with Gasteiger partial charge in [-0.1, -0.05) is 25.5 Å². The Morgan fingerprint density at radius 2 is 1.80 bits per heavy atom. The molecule has 25 heavy (non-hydrogen) atoms. The van der Waals surface area contributed by atoms with Gasteiger partial charge in [-0.3, -0.25) is 14.4 Å². The molecule has 2 N–H and O–H groups in total. The molecule has 7 nitrogen and oxygen atoms in total. The molecule has 0 radical (unpaired) electrons. The van der Waals surface area contributed by atoms with E-state index in [1.165, 1.54) is 16.8 Å². The second kappa shape index (κ2) is 8.77. The molecule has 0 saturated heterocycles. The summed E-state index contributed by atoms with van der Waals surface area (Å²) in [4.78, 5) is 35.4. The van der Waals surface area contributed by atoms with Crippen LogP contribution in [-0.4, -0.2) is 28.6 Å². The van der Waals surface area contributed by atoms with Crippen molar-refractivity contribution in [3.8, 4) is 0 Å². The number of hydrogen-bond acceptors (Lipinski definition) is 4. The van der Waals surface area contributed by atoms with E-state index in [0.717, 1.165) is 18.4 Å². The molecule has 2 aromatic rings. The number of unbranched alkanes of at least 4 members (excludes halogenated alkanes) is 1. The highest BCUT2D eigenvalue weighted by Crippen LogP contribution is 2.04. The van der Waals surface area contributed by atoms with E-state index >= 15 is 0 Å². The molecule has 2 amide bonds. The molecular weight excluding hydrogens is 320 g/mol. The Balaban J connectivity index is 2.00. The van der Waals surface area contributed by atoms with Gasteiger partial charge >= 0.3 is 0 Å². The summed E-state index contributed by atoms with van der Waals surface area (Å²) in [6.45, 7) is 2.83. The summed E-state index contributed by atoms with van der Waals surface area (Å²) >= 11 is 0. The number of carbonyl (C=O) groups is 2. The van der Waals surface area contributed by atoms with Crippen molar-refractivity contribution in [3.05, 3.63) is 63.6 Å². The maximum absolute atomic E-state index is 12.2. The second-order valence-electron chi connectivity index (χ2n) is 5.59. The molecule has 132 valence electrons. The highest BCUT2D eigenvalue weighted by atomic mass is 16.2.